The molecule has 1 spiro atoms. The van der Waals surface area contributed by atoms with Crippen molar-refractivity contribution in [3.63, 3.8) is 0 Å². The van der Waals surface area contributed by atoms with Gasteiger partial charge in [0.1, 0.15) is 17.4 Å². The lowest BCUT2D eigenvalue weighted by Gasteiger charge is -2.38. The fourth-order valence-electron chi connectivity index (χ4n) is 6.32. The number of amides is 3. The lowest BCUT2D eigenvalue weighted by atomic mass is 9.74. The molecule has 1 unspecified atom stereocenters. The highest BCUT2D eigenvalue weighted by Crippen LogP contribution is 2.49. The van der Waals surface area contributed by atoms with E-state index in [-0.39, 0.29) is 23.7 Å². The van der Waals surface area contributed by atoms with Crippen molar-refractivity contribution in [3.05, 3.63) is 58.9 Å². The molecule has 9 heteroatoms. The molecule has 0 radical (unpaired) electrons. The van der Waals surface area contributed by atoms with Gasteiger partial charge in [0.2, 0.25) is 11.8 Å². The number of pyridine rings is 1. The van der Waals surface area contributed by atoms with E-state index in [0.29, 0.717) is 25.1 Å². The van der Waals surface area contributed by atoms with Gasteiger partial charge in [0.15, 0.2) is 0 Å². The first-order chi connectivity index (χ1) is 17.5. The second-order valence-corrected chi connectivity index (χ2v) is 10.4. The van der Waals surface area contributed by atoms with Gasteiger partial charge in [0, 0.05) is 46.7 Å². The molecule has 1 aromatic carbocycles. The van der Waals surface area contributed by atoms with Crippen molar-refractivity contribution in [2.45, 2.75) is 50.2 Å². The standard InChI is InChI=1S/C27H27N5O4/c33-22-6-5-21(25(34)30-22)32-14-19-18(26(32)35)3-4-20-23(19)36-15-27(20)8-11-31(12-9-27)13-17-2-1-16-7-10-28-24(16)29-17/h1-4,7,10,21H,5-6,8-9,11-15H2,(H,28,29)(H,30,33,34). The van der Waals surface area contributed by atoms with Crippen LogP contribution in [0.3, 0.4) is 0 Å². The molecule has 36 heavy (non-hydrogen) atoms. The molecule has 184 valence electrons. The summed E-state index contributed by atoms with van der Waals surface area (Å²) in [4.78, 5) is 49.1. The van der Waals surface area contributed by atoms with Crippen LogP contribution in [0.15, 0.2) is 36.5 Å². The van der Waals surface area contributed by atoms with Crippen LogP contribution in [0, 0.1) is 0 Å². The highest BCUT2D eigenvalue weighted by atomic mass is 16.5. The molecule has 7 rings (SSSR count). The number of imide groups is 1. The molecule has 2 fully saturated rings. The minimum atomic E-state index is -0.615. The van der Waals surface area contributed by atoms with Crippen molar-refractivity contribution < 1.29 is 19.1 Å². The summed E-state index contributed by atoms with van der Waals surface area (Å²) in [7, 11) is 0. The van der Waals surface area contributed by atoms with Crippen LogP contribution in [0.4, 0.5) is 0 Å². The summed E-state index contributed by atoms with van der Waals surface area (Å²) < 4.78 is 6.29. The zero-order valence-electron chi connectivity index (χ0n) is 19.9. The smallest absolute Gasteiger partial charge is 0.255 e. The average molecular weight is 486 g/mol. The number of aromatic amines is 1. The summed E-state index contributed by atoms with van der Waals surface area (Å²) in [5.74, 6) is -0.00608. The van der Waals surface area contributed by atoms with E-state index in [1.54, 1.807) is 4.90 Å². The Morgan fingerprint density at radius 2 is 1.94 bits per heavy atom. The van der Waals surface area contributed by atoms with Gasteiger partial charge in [-0.15, -0.1) is 0 Å². The molecule has 0 aliphatic carbocycles. The molecule has 6 heterocycles. The van der Waals surface area contributed by atoms with Crippen molar-refractivity contribution in [2.75, 3.05) is 19.7 Å². The number of piperidine rings is 2. The molecule has 2 N–H and O–H groups in total. The maximum atomic E-state index is 13.2. The van der Waals surface area contributed by atoms with Crippen LogP contribution in [0.25, 0.3) is 11.0 Å². The van der Waals surface area contributed by atoms with Crippen LogP contribution in [0.2, 0.25) is 0 Å². The van der Waals surface area contributed by atoms with Gasteiger partial charge in [-0.05, 0) is 56.6 Å². The number of nitrogens with zero attached hydrogens (tertiary/aromatic N) is 3. The first-order valence-electron chi connectivity index (χ1n) is 12.6. The summed E-state index contributed by atoms with van der Waals surface area (Å²) in [5.41, 5.74) is 4.61. The highest BCUT2D eigenvalue weighted by Gasteiger charge is 2.47. The Kier molecular flexibility index (Phi) is 4.73. The number of carbonyl (C=O) groups is 3. The van der Waals surface area contributed by atoms with Gasteiger partial charge in [-0.3, -0.25) is 24.6 Å². The summed E-state index contributed by atoms with van der Waals surface area (Å²) >= 11 is 0. The van der Waals surface area contributed by atoms with E-state index in [1.807, 2.05) is 18.3 Å². The number of aromatic nitrogens is 2. The number of hydrogen-bond donors (Lipinski definition) is 2. The number of carbonyl (C=O) groups excluding carboxylic acids is 3. The number of benzene rings is 1. The van der Waals surface area contributed by atoms with Crippen molar-refractivity contribution in [2.24, 2.45) is 0 Å². The number of hydrogen-bond acceptors (Lipinski definition) is 6. The van der Waals surface area contributed by atoms with E-state index >= 15 is 0 Å². The van der Waals surface area contributed by atoms with Crippen LogP contribution in [0.1, 0.15) is 52.9 Å². The molecule has 3 aromatic rings. The normalized spacial score (nSPS) is 23.2. The number of fused-ring (bicyclic) bond motifs is 5. The minimum Gasteiger partial charge on any atom is -0.492 e. The fraction of sp³-hybridized carbons (Fsp3) is 0.407. The number of H-pyrrole nitrogens is 1. The van der Waals surface area contributed by atoms with Gasteiger partial charge < -0.3 is 14.6 Å². The molecular weight excluding hydrogens is 458 g/mol. The zero-order valence-corrected chi connectivity index (χ0v) is 19.9. The monoisotopic (exact) mass is 485 g/mol. The zero-order chi connectivity index (χ0) is 24.4. The molecule has 9 nitrogen and oxygen atoms in total. The molecule has 0 saturated carbocycles. The Morgan fingerprint density at radius 3 is 2.78 bits per heavy atom. The number of nitrogens with one attached hydrogen (secondary N) is 2. The predicted molar refractivity (Wildman–Crippen MR) is 130 cm³/mol. The topological polar surface area (TPSA) is 108 Å². The molecule has 3 amide bonds. The van der Waals surface area contributed by atoms with E-state index in [2.05, 4.69) is 33.4 Å². The Balaban J connectivity index is 1.08. The Morgan fingerprint density at radius 1 is 1.08 bits per heavy atom. The maximum Gasteiger partial charge on any atom is 0.255 e. The molecule has 4 aliphatic rings. The fourth-order valence-corrected chi connectivity index (χ4v) is 6.32. The summed E-state index contributed by atoms with van der Waals surface area (Å²) in [6, 6.07) is 9.59. The van der Waals surface area contributed by atoms with Gasteiger partial charge in [-0.25, -0.2) is 4.98 Å². The molecule has 2 saturated heterocycles. The summed E-state index contributed by atoms with van der Waals surface area (Å²) in [6.07, 6.45) is 4.48. The van der Waals surface area contributed by atoms with E-state index in [9.17, 15) is 14.4 Å². The highest BCUT2D eigenvalue weighted by molar-refractivity contribution is 6.05. The molecule has 0 bridgehead atoms. The second kappa shape index (κ2) is 7.89. The first-order valence-corrected chi connectivity index (χ1v) is 12.6. The van der Waals surface area contributed by atoms with E-state index < -0.39 is 11.9 Å². The lowest BCUT2D eigenvalue weighted by molar-refractivity contribution is -0.136. The number of rotatable bonds is 3. The molecule has 1 atom stereocenters. The number of ether oxygens (including phenoxy) is 1. The van der Waals surface area contributed by atoms with Crippen LogP contribution in [0.5, 0.6) is 5.75 Å². The van der Waals surface area contributed by atoms with Crippen molar-refractivity contribution in [3.8, 4) is 5.75 Å². The molecular formula is C27H27N5O4. The van der Waals surface area contributed by atoms with Gasteiger partial charge >= 0.3 is 0 Å². The lowest BCUT2D eigenvalue weighted by Crippen LogP contribution is -2.52. The van der Waals surface area contributed by atoms with Gasteiger partial charge in [0.25, 0.3) is 5.91 Å². The van der Waals surface area contributed by atoms with Crippen LogP contribution < -0.4 is 10.1 Å². The summed E-state index contributed by atoms with van der Waals surface area (Å²) in [5, 5.41) is 3.49. The quantitative estimate of drug-likeness (QED) is 0.551. The van der Waals surface area contributed by atoms with Crippen LogP contribution in [-0.4, -0.2) is 63.2 Å². The third-order valence-corrected chi connectivity index (χ3v) is 8.40. The summed E-state index contributed by atoms with van der Waals surface area (Å²) in [6.45, 7) is 3.68. The number of likely N-dealkylation sites (tertiary alicyclic amines) is 1. The maximum absolute atomic E-state index is 13.2. The Labute approximate surface area is 207 Å². The van der Waals surface area contributed by atoms with E-state index in [4.69, 9.17) is 9.72 Å². The molecule has 4 aliphatic heterocycles. The minimum absolute atomic E-state index is 0.0528. The van der Waals surface area contributed by atoms with Crippen LogP contribution >= 0.6 is 0 Å². The first kappa shape index (κ1) is 21.6. The van der Waals surface area contributed by atoms with Crippen molar-refractivity contribution >= 4 is 28.8 Å². The third-order valence-electron chi connectivity index (χ3n) is 8.40. The Hall–Kier alpha value is -3.72. The van der Waals surface area contributed by atoms with Crippen molar-refractivity contribution in [1.82, 2.24) is 25.1 Å². The SMILES string of the molecule is O=C1CCC(N2Cc3c(ccc4c3OCC43CCN(Cc4ccc5cc[nH]c5n4)CC3)C2=O)C(=O)N1. The average Bonchev–Trinajstić information content (AvgIpc) is 3.57. The van der Waals surface area contributed by atoms with E-state index in [1.165, 1.54) is 5.56 Å². The van der Waals surface area contributed by atoms with Gasteiger partial charge in [-0.2, -0.15) is 0 Å². The second-order valence-electron chi connectivity index (χ2n) is 10.4. The predicted octanol–water partition coefficient (Wildman–Crippen LogP) is 2.25. The Bertz CT molecular complexity index is 1420. The van der Waals surface area contributed by atoms with E-state index in [0.717, 1.165) is 60.5 Å². The van der Waals surface area contributed by atoms with Crippen molar-refractivity contribution in [1.29, 1.82) is 0 Å². The van der Waals surface area contributed by atoms with Crippen LogP contribution in [-0.2, 0) is 28.1 Å². The van der Waals surface area contributed by atoms with Gasteiger partial charge in [0.05, 0.1) is 18.8 Å². The van der Waals surface area contributed by atoms with Gasteiger partial charge in [-0.1, -0.05) is 6.07 Å². The molecule has 2 aromatic heterocycles. The third kappa shape index (κ3) is 3.26. The largest absolute Gasteiger partial charge is 0.492 e.